The SMILES string of the molecule is O=C(O)CN1Cc2cc(NC(=O)c3ccc(-n4cccn4)cc3)sc2S1(=O)=O. The molecule has 1 amide bonds. The van der Waals surface area contributed by atoms with Crippen LogP contribution in [0.4, 0.5) is 5.00 Å². The van der Waals surface area contributed by atoms with Crippen LogP contribution in [0.25, 0.3) is 5.69 Å². The molecule has 3 aromatic rings. The van der Waals surface area contributed by atoms with Crippen molar-refractivity contribution in [1.82, 2.24) is 14.1 Å². The van der Waals surface area contributed by atoms with Gasteiger partial charge in [-0.1, -0.05) is 0 Å². The second kappa shape index (κ2) is 6.86. The molecule has 0 unspecified atom stereocenters. The molecule has 0 fully saturated rings. The number of hydrogen-bond acceptors (Lipinski definition) is 6. The Hall–Kier alpha value is -3.02. The van der Waals surface area contributed by atoms with E-state index in [0.717, 1.165) is 21.3 Å². The molecule has 1 aromatic carbocycles. The van der Waals surface area contributed by atoms with Gasteiger partial charge in [-0.15, -0.1) is 11.3 Å². The highest BCUT2D eigenvalue weighted by Crippen LogP contribution is 2.39. The molecule has 144 valence electrons. The van der Waals surface area contributed by atoms with Crippen LogP contribution in [0, 0.1) is 0 Å². The topological polar surface area (TPSA) is 122 Å². The summed E-state index contributed by atoms with van der Waals surface area (Å²) in [5.74, 6) is -1.59. The molecule has 2 N–H and O–H groups in total. The molecule has 1 aliphatic heterocycles. The number of fused-ring (bicyclic) bond motifs is 1. The van der Waals surface area contributed by atoms with Crippen molar-refractivity contribution in [3.63, 3.8) is 0 Å². The monoisotopic (exact) mass is 418 g/mol. The molecule has 0 aliphatic carbocycles. The molecule has 0 bridgehead atoms. The second-order valence-electron chi connectivity index (χ2n) is 6.04. The van der Waals surface area contributed by atoms with Crippen molar-refractivity contribution >= 4 is 38.2 Å². The maximum Gasteiger partial charge on any atom is 0.318 e. The number of carboxylic acid groups (broad SMARTS) is 1. The van der Waals surface area contributed by atoms with E-state index in [2.05, 4.69) is 10.4 Å². The van der Waals surface area contributed by atoms with Crippen LogP contribution in [-0.4, -0.2) is 46.0 Å². The summed E-state index contributed by atoms with van der Waals surface area (Å²) in [7, 11) is -3.84. The van der Waals surface area contributed by atoms with Gasteiger partial charge < -0.3 is 10.4 Å². The van der Waals surface area contributed by atoms with Crippen molar-refractivity contribution < 1.29 is 23.1 Å². The lowest BCUT2D eigenvalue weighted by Gasteiger charge is -2.11. The Labute approximate surface area is 163 Å². The lowest BCUT2D eigenvalue weighted by Crippen LogP contribution is -2.30. The standard InChI is InChI=1S/C17H14N4O5S2/c22-15(23)10-20-9-12-8-14(27-17(12)28(20,25)26)19-16(24)11-2-4-13(5-3-11)21-7-1-6-18-21/h1-8H,9-10H2,(H,19,24)(H,22,23). The first kappa shape index (κ1) is 18.3. The Morgan fingerprint density at radius 3 is 2.61 bits per heavy atom. The van der Waals surface area contributed by atoms with Gasteiger partial charge in [0.2, 0.25) is 0 Å². The lowest BCUT2D eigenvalue weighted by molar-refractivity contribution is -0.137. The summed E-state index contributed by atoms with van der Waals surface area (Å²) in [6.45, 7) is -0.608. The maximum atomic E-state index is 12.4. The van der Waals surface area contributed by atoms with Crippen molar-refractivity contribution in [2.24, 2.45) is 0 Å². The number of carbonyl (C=O) groups is 2. The van der Waals surface area contributed by atoms with E-state index >= 15 is 0 Å². The fraction of sp³-hybridized carbons (Fsp3) is 0.118. The van der Waals surface area contributed by atoms with E-state index < -0.39 is 22.5 Å². The van der Waals surface area contributed by atoms with E-state index in [-0.39, 0.29) is 16.7 Å². The molecular weight excluding hydrogens is 404 g/mol. The van der Waals surface area contributed by atoms with Gasteiger partial charge in [0, 0.05) is 30.1 Å². The minimum absolute atomic E-state index is 0.0189. The van der Waals surface area contributed by atoms with E-state index in [1.165, 1.54) is 0 Å². The van der Waals surface area contributed by atoms with E-state index in [1.807, 2.05) is 0 Å². The Morgan fingerprint density at radius 1 is 1.25 bits per heavy atom. The molecule has 0 saturated heterocycles. The van der Waals surface area contributed by atoms with Gasteiger partial charge in [-0.3, -0.25) is 9.59 Å². The number of carbonyl (C=O) groups excluding carboxylic acids is 1. The zero-order valence-electron chi connectivity index (χ0n) is 14.3. The first-order chi connectivity index (χ1) is 13.3. The lowest BCUT2D eigenvalue weighted by atomic mass is 10.2. The van der Waals surface area contributed by atoms with Crippen LogP contribution in [0.2, 0.25) is 0 Å². The number of sulfonamides is 1. The fourth-order valence-electron chi connectivity index (χ4n) is 2.86. The molecule has 0 radical (unpaired) electrons. The molecule has 0 saturated carbocycles. The summed E-state index contributed by atoms with van der Waals surface area (Å²) in [6.07, 6.45) is 3.44. The Balaban J connectivity index is 1.49. The first-order valence-electron chi connectivity index (χ1n) is 8.11. The number of nitrogens with one attached hydrogen (secondary N) is 1. The molecule has 9 nitrogen and oxygen atoms in total. The van der Waals surface area contributed by atoms with Crippen LogP contribution in [0.5, 0.6) is 0 Å². The van der Waals surface area contributed by atoms with Crippen LogP contribution in [0.15, 0.2) is 53.0 Å². The third kappa shape index (κ3) is 3.30. The zero-order chi connectivity index (χ0) is 19.9. The van der Waals surface area contributed by atoms with Gasteiger partial charge in [0.05, 0.1) is 10.7 Å². The van der Waals surface area contributed by atoms with E-state index in [0.29, 0.717) is 16.1 Å². The second-order valence-corrected chi connectivity index (χ2v) is 9.23. The first-order valence-corrected chi connectivity index (χ1v) is 10.4. The van der Waals surface area contributed by atoms with Crippen molar-refractivity contribution in [3.8, 4) is 5.69 Å². The summed E-state index contributed by atoms with van der Waals surface area (Å²) in [5.41, 5.74) is 1.71. The summed E-state index contributed by atoms with van der Waals surface area (Å²) >= 11 is 0.915. The number of hydrogen-bond donors (Lipinski definition) is 2. The molecule has 1 aliphatic rings. The number of amides is 1. The molecule has 3 heterocycles. The van der Waals surface area contributed by atoms with Crippen LogP contribution in [0.3, 0.4) is 0 Å². The number of anilines is 1. The fourth-order valence-corrected chi connectivity index (χ4v) is 5.94. The average molecular weight is 418 g/mol. The van der Waals surface area contributed by atoms with Crippen molar-refractivity contribution in [1.29, 1.82) is 0 Å². The van der Waals surface area contributed by atoms with Crippen LogP contribution in [-0.2, 0) is 21.4 Å². The number of aromatic nitrogens is 2. The number of rotatable bonds is 5. The van der Waals surface area contributed by atoms with Gasteiger partial charge >= 0.3 is 5.97 Å². The molecule has 0 spiro atoms. The zero-order valence-corrected chi connectivity index (χ0v) is 15.9. The van der Waals surface area contributed by atoms with Gasteiger partial charge in [0.15, 0.2) is 0 Å². The van der Waals surface area contributed by atoms with Gasteiger partial charge in [-0.05, 0) is 36.4 Å². The van der Waals surface area contributed by atoms with E-state index in [4.69, 9.17) is 5.11 Å². The van der Waals surface area contributed by atoms with E-state index in [9.17, 15) is 18.0 Å². The smallest absolute Gasteiger partial charge is 0.318 e. The molecule has 4 rings (SSSR count). The van der Waals surface area contributed by atoms with Crippen LogP contribution >= 0.6 is 11.3 Å². The van der Waals surface area contributed by atoms with E-state index in [1.54, 1.807) is 53.5 Å². The van der Waals surface area contributed by atoms with Gasteiger partial charge in [-0.2, -0.15) is 9.40 Å². The van der Waals surface area contributed by atoms with Crippen molar-refractivity contribution in [3.05, 3.63) is 59.9 Å². The van der Waals surface area contributed by atoms with Crippen LogP contribution < -0.4 is 5.32 Å². The number of carboxylic acids is 1. The number of aliphatic carboxylic acids is 1. The summed E-state index contributed by atoms with van der Waals surface area (Å²) < 4.78 is 27.4. The highest BCUT2D eigenvalue weighted by molar-refractivity contribution is 7.91. The molecular formula is C17H14N4O5S2. The predicted octanol–water partition coefficient (Wildman–Crippen LogP) is 1.78. The Morgan fingerprint density at radius 2 is 2.00 bits per heavy atom. The average Bonchev–Trinajstić information content (AvgIpc) is 3.35. The summed E-state index contributed by atoms with van der Waals surface area (Å²) in [4.78, 5) is 23.3. The van der Waals surface area contributed by atoms with Crippen molar-refractivity contribution in [2.75, 3.05) is 11.9 Å². The minimum Gasteiger partial charge on any atom is -0.480 e. The van der Waals surface area contributed by atoms with Crippen LogP contribution in [0.1, 0.15) is 15.9 Å². The highest BCUT2D eigenvalue weighted by Gasteiger charge is 2.38. The summed E-state index contributed by atoms with van der Waals surface area (Å²) in [5, 5.41) is 16.0. The van der Waals surface area contributed by atoms with Gasteiger partial charge in [0.25, 0.3) is 15.9 Å². The molecule has 2 aromatic heterocycles. The van der Waals surface area contributed by atoms with Crippen molar-refractivity contribution in [2.45, 2.75) is 10.8 Å². The normalized spacial score (nSPS) is 15.3. The number of nitrogens with zero attached hydrogens (tertiary/aromatic N) is 3. The Kier molecular flexibility index (Phi) is 4.49. The summed E-state index contributed by atoms with van der Waals surface area (Å²) in [6, 6.07) is 10.2. The minimum atomic E-state index is -3.84. The maximum absolute atomic E-state index is 12.4. The number of benzene rings is 1. The highest BCUT2D eigenvalue weighted by atomic mass is 32.2. The molecule has 28 heavy (non-hydrogen) atoms. The number of thiophene rings is 1. The largest absolute Gasteiger partial charge is 0.480 e. The van der Waals surface area contributed by atoms with Gasteiger partial charge in [0.1, 0.15) is 10.8 Å². The molecule has 11 heteroatoms. The molecule has 0 atom stereocenters. The van der Waals surface area contributed by atoms with Gasteiger partial charge in [-0.25, -0.2) is 13.1 Å². The third-order valence-corrected chi connectivity index (χ3v) is 7.58. The third-order valence-electron chi connectivity index (χ3n) is 4.14. The Bertz CT molecular complexity index is 1150. The predicted molar refractivity (Wildman–Crippen MR) is 101 cm³/mol. The quantitative estimate of drug-likeness (QED) is 0.651.